The number of benzene rings is 3. The Hall–Kier alpha value is -5.14. The molecule has 12 nitrogen and oxygen atoms in total. The molecule has 0 bridgehead atoms. The van der Waals surface area contributed by atoms with Crippen LogP contribution in [0.25, 0.3) is 6.08 Å². The third-order valence-electron chi connectivity index (χ3n) is 15.3. The molecule has 9 atom stereocenters. The van der Waals surface area contributed by atoms with Crippen molar-refractivity contribution >= 4 is 29.8 Å². The first-order valence-corrected chi connectivity index (χ1v) is 24.8. The molecular formula is C56H68N2O10. The minimum absolute atomic E-state index is 0.0106. The highest BCUT2D eigenvalue weighted by Crippen LogP contribution is 2.60. The molecule has 0 aromatic heterocycles. The number of hydrogen-bond acceptors (Lipinski definition) is 10. The van der Waals surface area contributed by atoms with Crippen LogP contribution < -0.4 is 5.32 Å². The fourth-order valence-corrected chi connectivity index (χ4v) is 11.6. The molecule has 3 heterocycles. The Kier molecular flexibility index (Phi) is 13.4. The highest BCUT2D eigenvalue weighted by Gasteiger charge is 2.57. The Morgan fingerprint density at radius 1 is 0.912 bits per heavy atom. The van der Waals surface area contributed by atoms with Crippen molar-refractivity contribution in [2.75, 3.05) is 13.2 Å². The van der Waals surface area contributed by atoms with Gasteiger partial charge in [0.25, 0.3) is 0 Å². The van der Waals surface area contributed by atoms with Crippen LogP contribution in [0.1, 0.15) is 133 Å². The second kappa shape index (κ2) is 19.0. The van der Waals surface area contributed by atoms with Crippen molar-refractivity contribution in [3.63, 3.8) is 0 Å². The fourth-order valence-electron chi connectivity index (χ4n) is 11.6. The van der Waals surface area contributed by atoms with E-state index in [0.717, 1.165) is 48.8 Å². The number of allylic oxidation sites excluding steroid dienone is 1. The van der Waals surface area contributed by atoms with Gasteiger partial charge in [-0.15, -0.1) is 0 Å². The van der Waals surface area contributed by atoms with Crippen molar-refractivity contribution in [2.24, 2.45) is 17.3 Å². The van der Waals surface area contributed by atoms with Crippen molar-refractivity contribution in [2.45, 2.75) is 159 Å². The van der Waals surface area contributed by atoms with Gasteiger partial charge >= 0.3 is 11.9 Å². The molecule has 362 valence electrons. The van der Waals surface area contributed by atoms with Crippen molar-refractivity contribution in [3.05, 3.63) is 124 Å². The van der Waals surface area contributed by atoms with Crippen LogP contribution in [0.2, 0.25) is 0 Å². The number of esters is 2. The number of nitrogens with one attached hydrogen (secondary N) is 1. The Labute approximate surface area is 400 Å². The normalized spacial score (nSPS) is 30.2. The number of amides is 2. The Balaban J connectivity index is 0.972. The van der Waals surface area contributed by atoms with Gasteiger partial charge in [-0.3, -0.25) is 14.4 Å². The summed E-state index contributed by atoms with van der Waals surface area (Å²) in [6.45, 7) is 12.3. The van der Waals surface area contributed by atoms with Crippen LogP contribution >= 0.6 is 0 Å². The topological polar surface area (TPSA) is 153 Å². The average Bonchev–Trinajstić information content (AvgIpc) is 3.60. The lowest BCUT2D eigenvalue weighted by Gasteiger charge is -2.53. The molecule has 3 aliphatic heterocycles. The van der Waals surface area contributed by atoms with Gasteiger partial charge < -0.3 is 39.0 Å². The summed E-state index contributed by atoms with van der Waals surface area (Å²) in [6, 6.07) is 25.3. The zero-order valence-electron chi connectivity index (χ0n) is 40.4. The number of likely N-dealkylation sites (tertiary alicyclic amines) is 1. The lowest BCUT2D eigenvalue weighted by Crippen LogP contribution is -2.51. The number of aliphatic hydroxyl groups excluding tert-OH is 1. The number of nitrogens with zero attached hydrogens (tertiary/aromatic N) is 1. The largest absolute Gasteiger partial charge is 0.460 e. The van der Waals surface area contributed by atoms with Crippen LogP contribution in [0.5, 0.6) is 0 Å². The summed E-state index contributed by atoms with van der Waals surface area (Å²) in [5.41, 5.74) is 4.18. The Morgan fingerprint density at radius 2 is 1.63 bits per heavy atom. The van der Waals surface area contributed by atoms with Crippen molar-refractivity contribution in [1.29, 1.82) is 0 Å². The number of fused-ring (bicyclic) bond motifs is 3. The smallest absolute Gasteiger partial charge is 0.338 e. The second-order valence-electron chi connectivity index (χ2n) is 21.8. The summed E-state index contributed by atoms with van der Waals surface area (Å²) in [5, 5.41) is 13.0. The van der Waals surface area contributed by atoms with E-state index in [1.165, 1.54) is 5.57 Å². The lowest BCUT2D eigenvalue weighted by molar-refractivity contribution is -0.157. The van der Waals surface area contributed by atoms with E-state index in [9.17, 15) is 24.3 Å². The van der Waals surface area contributed by atoms with E-state index in [0.29, 0.717) is 42.4 Å². The minimum Gasteiger partial charge on any atom is -0.460 e. The first-order valence-electron chi connectivity index (χ1n) is 24.8. The molecule has 3 aromatic rings. The van der Waals surface area contributed by atoms with E-state index >= 15 is 0 Å². The summed E-state index contributed by atoms with van der Waals surface area (Å²) in [7, 11) is 0. The van der Waals surface area contributed by atoms with Crippen molar-refractivity contribution in [1.82, 2.24) is 10.2 Å². The van der Waals surface area contributed by atoms with E-state index in [2.05, 4.69) is 32.2 Å². The van der Waals surface area contributed by atoms with Crippen LogP contribution in [0.3, 0.4) is 0 Å². The monoisotopic (exact) mass is 928 g/mol. The summed E-state index contributed by atoms with van der Waals surface area (Å²) in [6.07, 6.45) is 8.35. The third kappa shape index (κ3) is 9.97. The average molecular weight is 929 g/mol. The maximum absolute atomic E-state index is 14.8. The number of rotatable bonds is 12. The van der Waals surface area contributed by atoms with Gasteiger partial charge in [0, 0.05) is 36.1 Å². The maximum atomic E-state index is 14.8. The first kappa shape index (κ1) is 47.9. The standard InChI is InChI=1S/C56H68N2O10/c1-53(2,3)67-48(60)25-23-41(34-59)57-50(61)44-21-14-28-58(44)51(62)38-31-45(49-46(32-38)65-56(68-49,39-17-9-7-10-18-39)40-19-11-8-12-20-40)64-52(63)37-16-13-15-35(30-37)29-36-22-24-47-55(6,66-47)27-26-43-42(36)33-54(43,4)5/h7-13,15-20,29-30,32,41-47,49,59H,14,21-28,31,33-34H2,1-6H3,(H,57,61). The van der Waals surface area contributed by atoms with Crippen LogP contribution in [0.15, 0.2) is 102 Å². The molecule has 3 aromatic carbocycles. The summed E-state index contributed by atoms with van der Waals surface area (Å²) in [4.78, 5) is 57.1. The molecule has 2 amide bonds. The van der Waals surface area contributed by atoms with E-state index in [-0.39, 0.29) is 48.9 Å². The van der Waals surface area contributed by atoms with Gasteiger partial charge in [0.05, 0.1) is 29.9 Å². The van der Waals surface area contributed by atoms with Gasteiger partial charge in [-0.05, 0) is 120 Å². The van der Waals surface area contributed by atoms with Gasteiger partial charge in [-0.25, -0.2) is 4.79 Å². The maximum Gasteiger partial charge on any atom is 0.338 e. The van der Waals surface area contributed by atoms with Crippen LogP contribution in [0, 0.1) is 17.3 Å². The third-order valence-corrected chi connectivity index (χ3v) is 15.3. The molecule has 2 N–H and O–H groups in total. The van der Waals surface area contributed by atoms with Crippen molar-refractivity contribution < 1.29 is 48.0 Å². The van der Waals surface area contributed by atoms with Gasteiger partial charge in [-0.1, -0.05) is 98.3 Å². The molecule has 9 unspecified atom stereocenters. The second-order valence-corrected chi connectivity index (χ2v) is 21.8. The van der Waals surface area contributed by atoms with E-state index in [1.807, 2.05) is 78.9 Å². The predicted molar refractivity (Wildman–Crippen MR) is 256 cm³/mol. The quantitative estimate of drug-likeness (QED) is 0.133. The Bertz CT molecular complexity index is 2390. The lowest BCUT2D eigenvalue weighted by atomic mass is 9.52. The highest BCUT2D eigenvalue weighted by atomic mass is 16.8. The first-order chi connectivity index (χ1) is 32.4. The molecule has 3 saturated heterocycles. The van der Waals surface area contributed by atoms with E-state index in [1.54, 1.807) is 37.8 Å². The molecule has 68 heavy (non-hydrogen) atoms. The summed E-state index contributed by atoms with van der Waals surface area (Å²) in [5.74, 6) is -2.05. The molecule has 0 radical (unpaired) electrons. The SMILES string of the molecule is CC(C)(C)OC(=O)CCC(CO)NC(=O)C1CCCN1C(=O)C1=CC2OC(c3ccccc3)(c3ccccc3)OC2C(OC(=O)c2cccc(C=C3CCC4OC4(C)CCC4C3CC4(C)C)c2)C1. The number of carbonyl (C=O) groups is 4. The van der Waals surface area contributed by atoms with Gasteiger partial charge in [0.2, 0.25) is 17.6 Å². The summed E-state index contributed by atoms with van der Waals surface area (Å²) < 4.78 is 32.1. The number of ether oxygens (including phenoxy) is 5. The molecule has 5 fully saturated rings. The molecule has 12 heteroatoms. The minimum atomic E-state index is -1.38. The molecule has 0 spiro atoms. The fraction of sp³-hybridized carbons (Fsp3) is 0.536. The number of carbonyl (C=O) groups excluding carboxylic acids is 4. The number of aliphatic hydroxyl groups is 1. The van der Waals surface area contributed by atoms with E-state index < -0.39 is 59.6 Å². The predicted octanol–water partition coefficient (Wildman–Crippen LogP) is 8.59. The molecule has 2 saturated carbocycles. The van der Waals surface area contributed by atoms with Gasteiger partial charge in [-0.2, -0.15) is 0 Å². The molecule has 3 aliphatic carbocycles. The van der Waals surface area contributed by atoms with Gasteiger partial charge in [0.15, 0.2) is 0 Å². The van der Waals surface area contributed by atoms with Gasteiger partial charge in [0.1, 0.15) is 30.0 Å². The van der Waals surface area contributed by atoms with Crippen LogP contribution in [-0.2, 0) is 43.9 Å². The van der Waals surface area contributed by atoms with Crippen LogP contribution in [0.4, 0.5) is 0 Å². The van der Waals surface area contributed by atoms with Crippen molar-refractivity contribution in [3.8, 4) is 0 Å². The molecular weight excluding hydrogens is 861 g/mol. The summed E-state index contributed by atoms with van der Waals surface area (Å²) >= 11 is 0. The molecule has 9 rings (SSSR count). The molecule has 6 aliphatic rings. The van der Waals surface area contributed by atoms with E-state index in [4.69, 9.17) is 23.7 Å². The number of epoxide rings is 1. The highest BCUT2D eigenvalue weighted by molar-refractivity contribution is 5.98. The zero-order chi connectivity index (χ0) is 48.0. The zero-order valence-corrected chi connectivity index (χ0v) is 40.4. The Morgan fingerprint density at radius 3 is 2.31 bits per heavy atom. The van der Waals surface area contributed by atoms with Crippen LogP contribution in [-0.4, -0.2) is 94.6 Å². The number of hydrogen-bond donors (Lipinski definition) is 2.